The van der Waals surface area contributed by atoms with Crippen LogP contribution in [-0.2, 0) is 0 Å². The van der Waals surface area contributed by atoms with Crippen LogP contribution in [0.4, 0.5) is 12.9 Å². The average Bonchev–Trinajstić information content (AvgIpc) is 2.15. The van der Waals surface area contributed by atoms with Gasteiger partial charge in [0.15, 0.2) is 0 Å². The Morgan fingerprint density at radius 1 is 0.929 bits per heavy atom. The second-order valence-corrected chi connectivity index (χ2v) is 4.48. The summed E-state index contributed by atoms with van der Waals surface area (Å²) >= 11 is 2.65. The van der Waals surface area contributed by atoms with Gasteiger partial charge in [-0.15, -0.1) is 29.0 Å². The summed E-state index contributed by atoms with van der Waals surface area (Å²) in [5, 5.41) is 0. The van der Waals surface area contributed by atoms with E-state index in [2.05, 4.69) is 0 Å². The molecule has 0 aliphatic rings. The largest absolute Gasteiger partial charge is 0.509 e. The molecular weight excluding hydrogens is 228 g/mol. The maximum absolute atomic E-state index is 12.5. The topological polar surface area (TPSA) is 0 Å². The molecule has 0 atom stereocenters. The number of benzene rings is 1. The molecule has 1 rings (SSSR count). The van der Waals surface area contributed by atoms with Crippen molar-refractivity contribution in [2.75, 3.05) is 12.5 Å². The second kappa shape index (κ2) is 4.53. The summed E-state index contributed by atoms with van der Waals surface area (Å²) in [5.74, 6) is 0. The molecule has 0 bridgehead atoms. The smallest absolute Gasteiger partial charge is 0.445 e. The highest BCUT2D eigenvalue weighted by molar-refractivity contribution is 7.99. The summed E-state index contributed by atoms with van der Waals surface area (Å²) in [4.78, 5) is 1.32. The van der Waals surface area contributed by atoms with E-state index in [0.29, 0.717) is 9.79 Å². The Bertz CT molecular complexity index is 303. The van der Waals surface area contributed by atoms with E-state index in [1.807, 2.05) is 0 Å². The zero-order valence-corrected chi connectivity index (χ0v) is 9.39. The minimum Gasteiger partial charge on any atom is -0.445 e. The molecule has 1 aromatic rings. The molecule has 0 aromatic heterocycles. The van der Waals surface area contributed by atoms with Crippen LogP contribution in [0.1, 0.15) is 0 Å². The van der Waals surface area contributed by atoms with Gasteiger partial charge >= 0.3 is 6.98 Å². The van der Waals surface area contributed by atoms with Gasteiger partial charge in [0.1, 0.15) is 0 Å². The van der Waals surface area contributed by atoms with Crippen LogP contribution in [-0.4, -0.2) is 19.5 Å². The highest BCUT2D eigenvalue weighted by Crippen LogP contribution is 2.23. The quantitative estimate of drug-likeness (QED) is 0.584. The van der Waals surface area contributed by atoms with E-state index in [-0.39, 0.29) is 0 Å². The van der Waals surface area contributed by atoms with Crippen molar-refractivity contribution in [3.05, 3.63) is 18.2 Å². The van der Waals surface area contributed by atoms with Gasteiger partial charge in [-0.1, -0.05) is 12.1 Å². The Morgan fingerprint density at radius 3 is 1.64 bits per heavy atom. The van der Waals surface area contributed by atoms with Gasteiger partial charge in [-0.2, -0.15) is 0 Å². The van der Waals surface area contributed by atoms with Crippen LogP contribution in [0.2, 0.25) is 0 Å². The lowest BCUT2D eigenvalue weighted by molar-refractivity contribution is 0.500. The normalized spacial score (nSPS) is 11.8. The van der Waals surface area contributed by atoms with Crippen molar-refractivity contribution in [2.45, 2.75) is 9.79 Å². The fourth-order valence-electron chi connectivity index (χ4n) is 1.02. The first-order chi connectivity index (χ1) is 6.47. The lowest BCUT2D eigenvalue weighted by atomic mass is 9.80. The van der Waals surface area contributed by atoms with Gasteiger partial charge < -0.3 is 12.9 Å². The van der Waals surface area contributed by atoms with Crippen molar-refractivity contribution in [3.8, 4) is 0 Å². The van der Waals surface area contributed by atoms with E-state index in [1.54, 1.807) is 18.6 Å². The molecule has 0 amide bonds. The first-order valence-corrected chi connectivity index (χ1v) is 6.35. The Labute approximate surface area is 89.7 Å². The molecule has 1 aromatic carbocycles. The number of rotatable bonds is 3. The van der Waals surface area contributed by atoms with Gasteiger partial charge in [-0.05, 0) is 18.6 Å². The number of thioether (sulfide) groups is 2. The van der Waals surface area contributed by atoms with Crippen LogP contribution < -0.4 is 5.46 Å². The maximum Gasteiger partial charge on any atom is 0.509 e. The summed E-state index contributed by atoms with van der Waals surface area (Å²) in [6.07, 6.45) is 3.54. The number of halogens is 3. The lowest BCUT2D eigenvalue weighted by Crippen LogP contribution is -2.34. The molecule has 0 heterocycles. The summed E-state index contributed by atoms with van der Waals surface area (Å²) in [5.41, 5.74) is -0.513. The van der Waals surface area contributed by atoms with Crippen LogP contribution in [0.3, 0.4) is 0 Å². The average molecular weight is 237 g/mol. The van der Waals surface area contributed by atoms with Gasteiger partial charge in [0, 0.05) is 9.79 Å². The molecule has 6 heteroatoms. The van der Waals surface area contributed by atoms with Gasteiger partial charge in [0.05, 0.1) is 0 Å². The first kappa shape index (κ1) is 11.8. The van der Waals surface area contributed by atoms with Gasteiger partial charge in [-0.3, -0.25) is 0 Å². The van der Waals surface area contributed by atoms with E-state index < -0.39 is 12.4 Å². The van der Waals surface area contributed by atoms with Crippen LogP contribution >= 0.6 is 23.5 Å². The lowest BCUT2D eigenvalue weighted by Gasteiger charge is -2.16. The van der Waals surface area contributed by atoms with Gasteiger partial charge in [0.2, 0.25) is 0 Å². The summed E-state index contributed by atoms with van der Waals surface area (Å²) in [7, 11) is 0. The highest BCUT2D eigenvalue weighted by atomic mass is 32.2. The fraction of sp³-hybridized carbons (Fsp3) is 0.250. The predicted octanol–water partition coefficient (Wildman–Crippen LogP) is 3.18. The molecule has 14 heavy (non-hydrogen) atoms. The third kappa shape index (κ3) is 2.88. The van der Waals surface area contributed by atoms with Gasteiger partial charge in [-0.25, -0.2) is 0 Å². The third-order valence-corrected chi connectivity index (χ3v) is 3.17. The van der Waals surface area contributed by atoms with Crippen molar-refractivity contribution in [3.63, 3.8) is 0 Å². The molecule has 0 N–H and O–H groups in total. The second-order valence-electron chi connectivity index (χ2n) is 2.72. The predicted molar refractivity (Wildman–Crippen MR) is 58.7 cm³/mol. The van der Waals surface area contributed by atoms with E-state index >= 15 is 0 Å². The van der Waals surface area contributed by atoms with E-state index in [4.69, 9.17) is 0 Å². The summed E-state index contributed by atoms with van der Waals surface area (Å²) in [6, 6.07) is 4.16. The number of hydrogen-bond acceptors (Lipinski definition) is 2. The standard InChI is InChI=1S/C8H9BF3S2/c1-13-7-3-6(9(10,11)12)4-8(5-7)14-2/h3-5H,1-2H3/q-1. The van der Waals surface area contributed by atoms with Gasteiger partial charge in [0.25, 0.3) is 0 Å². The van der Waals surface area contributed by atoms with Crippen molar-refractivity contribution in [2.24, 2.45) is 0 Å². The van der Waals surface area contributed by atoms with E-state index in [9.17, 15) is 12.9 Å². The Hall–Kier alpha value is -0.225. The van der Waals surface area contributed by atoms with Crippen LogP contribution in [0.25, 0.3) is 0 Å². The van der Waals surface area contributed by atoms with Crippen LogP contribution in [0.5, 0.6) is 0 Å². The van der Waals surface area contributed by atoms with Crippen molar-refractivity contribution < 1.29 is 12.9 Å². The molecule has 0 radical (unpaired) electrons. The molecule has 0 saturated heterocycles. The molecule has 0 aliphatic carbocycles. The zero-order chi connectivity index (χ0) is 10.8. The molecular formula is C8H9BF3S2-. The monoisotopic (exact) mass is 237 g/mol. The molecule has 0 nitrogen and oxygen atoms in total. The zero-order valence-electron chi connectivity index (χ0n) is 7.76. The fourth-order valence-corrected chi connectivity index (χ4v) is 2.09. The van der Waals surface area contributed by atoms with Crippen molar-refractivity contribution in [1.29, 1.82) is 0 Å². The van der Waals surface area contributed by atoms with Crippen molar-refractivity contribution in [1.82, 2.24) is 0 Å². The van der Waals surface area contributed by atoms with Crippen LogP contribution in [0, 0.1) is 0 Å². The first-order valence-electron chi connectivity index (χ1n) is 3.90. The summed E-state index contributed by atoms with van der Waals surface area (Å²) in [6.45, 7) is -4.88. The Balaban J connectivity index is 3.17. The maximum atomic E-state index is 12.5. The highest BCUT2D eigenvalue weighted by Gasteiger charge is 2.26. The number of hydrogen-bond donors (Lipinski definition) is 0. The minimum atomic E-state index is -4.88. The van der Waals surface area contributed by atoms with Crippen molar-refractivity contribution >= 4 is 36.0 Å². The van der Waals surface area contributed by atoms with Crippen LogP contribution in [0.15, 0.2) is 28.0 Å². The third-order valence-electron chi connectivity index (χ3n) is 1.75. The molecule has 0 spiro atoms. The molecule has 0 saturated carbocycles. The molecule has 0 fully saturated rings. The minimum absolute atomic E-state index is 0.513. The Kier molecular flexibility index (Phi) is 3.83. The SMILES string of the molecule is CSc1cc(SC)cc([B-](F)(F)F)c1. The Morgan fingerprint density at radius 2 is 1.36 bits per heavy atom. The molecule has 0 aliphatic heterocycles. The molecule has 0 unspecified atom stereocenters. The summed E-state index contributed by atoms with van der Waals surface area (Å²) < 4.78 is 37.4. The molecule has 78 valence electrons. The van der Waals surface area contributed by atoms with E-state index in [0.717, 1.165) is 0 Å². The van der Waals surface area contributed by atoms with E-state index in [1.165, 1.54) is 35.7 Å².